The predicted octanol–water partition coefficient (Wildman–Crippen LogP) is 5.61. The van der Waals surface area contributed by atoms with Crippen LogP contribution in [0.1, 0.15) is 48.9 Å². The Morgan fingerprint density at radius 2 is 2.12 bits per heavy atom. The zero-order chi connectivity index (χ0) is 27.6. The summed E-state index contributed by atoms with van der Waals surface area (Å²) in [7, 11) is 0. The maximum Gasteiger partial charge on any atom is 0.408 e. The van der Waals surface area contributed by atoms with Crippen LogP contribution in [0.4, 0.5) is 4.79 Å². The lowest BCUT2D eigenvalue weighted by Gasteiger charge is -2.22. The molecule has 0 saturated carbocycles. The summed E-state index contributed by atoms with van der Waals surface area (Å²) in [6.45, 7) is 3.71. The van der Waals surface area contributed by atoms with Crippen molar-refractivity contribution < 1.29 is 19.0 Å². The first-order valence-electron chi connectivity index (χ1n) is 13.7. The van der Waals surface area contributed by atoms with E-state index in [0.717, 1.165) is 59.1 Å². The van der Waals surface area contributed by atoms with Gasteiger partial charge in [-0.15, -0.1) is 0 Å². The van der Waals surface area contributed by atoms with Crippen LogP contribution in [0.2, 0.25) is 0 Å². The molecule has 5 rings (SSSR count). The number of rotatable bonds is 8. The first-order valence-corrected chi connectivity index (χ1v) is 14.6. The Hall–Kier alpha value is -3.74. The van der Waals surface area contributed by atoms with Crippen molar-refractivity contribution in [2.45, 2.75) is 62.1 Å². The Balaban J connectivity index is 1.19. The number of benzene rings is 1. The molecule has 1 aromatic carbocycles. The summed E-state index contributed by atoms with van der Waals surface area (Å²) in [5, 5.41) is 4.22. The molecule has 40 heavy (non-hydrogen) atoms. The number of imidazole rings is 1. The minimum atomic E-state index is -0.441. The number of hydrogen-bond acceptors (Lipinski definition) is 7. The van der Waals surface area contributed by atoms with Crippen LogP contribution >= 0.6 is 11.8 Å². The molecule has 2 aliphatic rings. The fourth-order valence-corrected chi connectivity index (χ4v) is 5.82. The molecule has 1 aliphatic carbocycles. The Labute approximate surface area is 239 Å². The number of carbonyl (C=O) groups is 1. The summed E-state index contributed by atoms with van der Waals surface area (Å²) in [5.41, 5.74) is 3.76. The monoisotopic (exact) mass is 558 g/mol. The number of aromatic nitrogens is 3. The first kappa shape index (κ1) is 27.8. The van der Waals surface area contributed by atoms with Gasteiger partial charge in [-0.05, 0) is 74.9 Å². The van der Waals surface area contributed by atoms with Crippen molar-refractivity contribution in [3.8, 4) is 23.3 Å². The Morgan fingerprint density at radius 1 is 1.23 bits per heavy atom. The third-order valence-electron chi connectivity index (χ3n) is 6.80. The highest BCUT2D eigenvalue weighted by molar-refractivity contribution is 7.99. The largest absolute Gasteiger partial charge is 0.487 e. The van der Waals surface area contributed by atoms with Crippen molar-refractivity contribution in [3.63, 3.8) is 0 Å². The Kier molecular flexibility index (Phi) is 9.77. The van der Waals surface area contributed by atoms with E-state index in [9.17, 15) is 4.79 Å². The number of nitrogens with one attached hydrogen (secondary N) is 1. The normalized spacial score (nSPS) is 17.1. The number of carbonyl (C=O) groups excluding carboxylic acids is 1. The average Bonchev–Trinajstić information content (AvgIpc) is 3.38. The molecule has 1 amide bonds. The van der Waals surface area contributed by atoms with Gasteiger partial charge in [0.2, 0.25) is 0 Å². The van der Waals surface area contributed by atoms with Crippen LogP contribution in [-0.2, 0) is 16.1 Å². The summed E-state index contributed by atoms with van der Waals surface area (Å²) in [4.78, 5) is 21.0. The van der Waals surface area contributed by atoms with E-state index < -0.39 is 6.09 Å². The number of ether oxygens (including phenoxy) is 3. The third kappa shape index (κ3) is 7.68. The number of pyridine rings is 1. The van der Waals surface area contributed by atoms with Crippen LogP contribution in [0.15, 0.2) is 66.2 Å². The van der Waals surface area contributed by atoms with Gasteiger partial charge in [0.15, 0.2) is 11.8 Å². The summed E-state index contributed by atoms with van der Waals surface area (Å²) in [5.74, 6) is 6.76. The second-order valence-corrected chi connectivity index (χ2v) is 11.0. The fraction of sp³-hybridized carbons (Fsp3) is 0.387. The Bertz CT molecular complexity index is 1370. The molecule has 1 atom stereocenters. The number of amides is 1. The van der Waals surface area contributed by atoms with Gasteiger partial charge in [-0.2, -0.15) is 0 Å². The molecule has 208 valence electrons. The highest BCUT2D eigenvalue weighted by atomic mass is 32.2. The van der Waals surface area contributed by atoms with Gasteiger partial charge in [0.05, 0.1) is 23.8 Å². The molecule has 9 heteroatoms. The molecular weight excluding hydrogens is 524 g/mol. The van der Waals surface area contributed by atoms with E-state index >= 15 is 0 Å². The van der Waals surface area contributed by atoms with Crippen LogP contribution < -0.4 is 10.1 Å². The second-order valence-electron chi connectivity index (χ2n) is 9.77. The van der Waals surface area contributed by atoms with Gasteiger partial charge in [-0.3, -0.25) is 9.55 Å². The molecule has 0 bridgehead atoms. The average molecular weight is 559 g/mol. The highest BCUT2D eigenvalue weighted by Crippen LogP contribution is 2.32. The van der Waals surface area contributed by atoms with E-state index in [-0.39, 0.29) is 12.6 Å². The van der Waals surface area contributed by atoms with Gasteiger partial charge in [0.25, 0.3) is 0 Å². The minimum absolute atomic E-state index is 0.0298. The van der Waals surface area contributed by atoms with E-state index in [1.54, 1.807) is 18.0 Å². The summed E-state index contributed by atoms with van der Waals surface area (Å²) >= 11 is 1.78. The van der Waals surface area contributed by atoms with Gasteiger partial charge in [0.1, 0.15) is 12.4 Å². The van der Waals surface area contributed by atoms with Gasteiger partial charge in [0, 0.05) is 36.3 Å². The van der Waals surface area contributed by atoms with Gasteiger partial charge in [-0.25, -0.2) is 9.78 Å². The minimum Gasteiger partial charge on any atom is -0.487 e. The number of hydrogen-bond donors (Lipinski definition) is 1. The molecule has 1 N–H and O–H groups in total. The number of aryl methyl sites for hydroxylation is 1. The number of allylic oxidation sites excluding steroid dienone is 1. The number of nitrogens with zero attached hydrogens (tertiary/aromatic N) is 3. The SMILES string of the molecule is Cc1cc(OCc2cnc(SC3C=CCCC3)n2-c2cccnc2)ccc1C#CCOC(=O)NC1CCOCC1. The zero-order valence-electron chi connectivity index (χ0n) is 22.7. The summed E-state index contributed by atoms with van der Waals surface area (Å²) in [6, 6.07) is 9.87. The second kappa shape index (κ2) is 14.1. The maximum atomic E-state index is 12.0. The smallest absolute Gasteiger partial charge is 0.408 e. The summed E-state index contributed by atoms with van der Waals surface area (Å²) < 4.78 is 18.8. The molecular formula is C31H34N4O4S. The molecule has 1 unspecified atom stereocenters. The summed E-state index contributed by atoms with van der Waals surface area (Å²) in [6.07, 6.45) is 14.7. The number of alkyl carbamates (subject to hydrolysis) is 1. The van der Waals surface area contributed by atoms with Crippen LogP contribution in [0.3, 0.4) is 0 Å². The van der Waals surface area contributed by atoms with E-state index in [4.69, 9.17) is 19.2 Å². The van der Waals surface area contributed by atoms with Gasteiger partial charge < -0.3 is 19.5 Å². The Morgan fingerprint density at radius 3 is 2.90 bits per heavy atom. The molecule has 1 fully saturated rings. The van der Waals surface area contributed by atoms with E-state index in [1.165, 1.54) is 6.42 Å². The van der Waals surface area contributed by atoms with Crippen molar-refractivity contribution in [2.75, 3.05) is 19.8 Å². The van der Waals surface area contributed by atoms with E-state index in [2.05, 4.69) is 38.9 Å². The van der Waals surface area contributed by atoms with Crippen molar-refractivity contribution >= 4 is 17.9 Å². The van der Waals surface area contributed by atoms with Crippen molar-refractivity contribution in [2.24, 2.45) is 0 Å². The molecule has 2 aromatic heterocycles. The fourth-order valence-electron chi connectivity index (χ4n) is 4.64. The quantitative estimate of drug-likeness (QED) is 0.284. The molecule has 3 heterocycles. The molecule has 8 nitrogen and oxygen atoms in total. The van der Waals surface area contributed by atoms with Crippen LogP contribution in [0.25, 0.3) is 5.69 Å². The molecule has 1 saturated heterocycles. The van der Waals surface area contributed by atoms with Gasteiger partial charge in [-0.1, -0.05) is 35.8 Å². The zero-order valence-corrected chi connectivity index (χ0v) is 23.5. The predicted molar refractivity (Wildman–Crippen MR) is 155 cm³/mol. The lowest BCUT2D eigenvalue weighted by molar-refractivity contribution is 0.0748. The van der Waals surface area contributed by atoms with E-state index in [1.807, 2.05) is 49.6 Å². The first-order chi connectivity index (χ1) is 19.7. The van der Waals surface area contributed by atoms with E-state index in [0.29, 0.717) is 25.1 Å². The van der Waals surface area contributed by atoms with Crippen molar-refractivity contribution in [1.82, 2.24) is 19.9 Å². The number of thioether (sulfide) groups is 1. The van der Waals surface area contributed by atoms with Crippen LogP contribution in [0, 0.1) is 18.8 Å². The molecule has 0 radical (unpaired) electrons. The van der Waals surface area contributed by atoms with Crippen molar-refractivity contribution in [3.05, 3.63) is 77.9 Å². The highest BCUT2D eigenvalue weighted by Gasteiger charge is 2.19. The van der Waals surface area contributed by atoms with Crippen LogP contribution in [0.5, 0.6) is 5.75 Å². The lowest BCUT2D eigenvalue weighted by Crippen LogP contribution is -2.39. The molecule has 3 aromatic rings. The van der Waals surface area contributed by atoms with Crippen molar-refractivity contribution in [1.29, 1.82) is 0 Å². The maximum absolute atomic E-state index is 12.0. The third-order valence-corrected chi connectivity index (χ3v) is 7.99. The standard InChI is InChI=1S/C31H34N4O4S/c1-23-19-28(12-11-24(23)7-6-16-38-31(36)34-25-13-17-37-18-14-25)39-22-27-21-33-30(40-29-9-3-2-4-10-29)35(27)26-8-5-15-32-20-26/h3,5,8-9,11-12,15,19-21,25,29H,2,4,10,13-14,16-18,22H2,1H3,(H,34,36). The lowest BCUT2D eigenvalue weighted by atomic mass is 10.1. The van der Waals surface area contributed by atoms with Crippen LogP contribution in [-0.4, -0.2) is 51.7 Å². The van der Waals surface area contributed by atoms with Gasteiger partial charge >= 0.3 is 6.09 Å². The topological polar surface area (TPSA) is 87.5 Å². The molecule has 1 aliphatic heterocycles. The molecule has 0 spiro atoms.